The highest BCUT2D eigenvalue weighted by Crippen LogP contribution is 1.92. The molecule has 0 aromatic carbocycles. The van der Waals surface area contributed by atoms with Gasteiger partial charge in [-0.2, -0.15) is 0 Å². The van der Waals surface area contributed by atoms with Crippen LogP contribution in [0.5, 0.6) is 0 Å². The Morgan fingerprint density at radius 1 is 1.50 bits per heavy atom. The molecule has 0 atom stereocenters. The highest BCUT2D eigenvalue weighted by atomic mass is 16.4. The van der Waals surface area contributed by atoms with E-state index in [0.29, 0.717) is 0 Å². The maximum Gasteiger partial charge on any atom is 0.169 e. The van der Waals surface area contributed by atoms with Gasteiger partial charge in [-0.25, -0.2) is 4.57 Å². The van der Waals surface area contributed by atoms with Gasteiger partial charge in [-0.1, -0.05) is 6.92 Å². The number of nitrogens with zero attached hydrogens (tertiary/aromatic N) is 1. The molecule has 12 heavy (non-hydrogen) atoms. The van der Waals surface area contributed by atoms with E-state index in [2.05, 4.69) is 6.92 Å². The van der Waals surface area contributed by atoms with Crippen LogP contribution in [0.1, 0.15) is 23.7 Å². The molecule has 0 saturated carbocycles. The number of carbonyl (C=O) groups excluding carboxylic acids is 1. The quantitative estimate of drug-likeness (QED) is 0.579. The van der Waals surface area contributed by atoms with Gasteiger partial charge in [-0.3, -0.25) is 0 Å². The maximum atomic E-state index is 10.3. The summed E-state index contributed by atoms with van der Waals surface area (Å²) in [6.07, 6.45) is 4.53. The summed E-state index contributed by atoms with van der Waals surface area (Å²) in [5, 5.41) is 10.3. The molecule has 3 heteroatoms. The van der Waals surface area contributed by atoms with Crippen molar-refractivity contribution < 1.29 is 14.5 Å². The standard InChI is InChI=1S/C9H11NO2/c1-2-5-10-6-3-8(4-7-10)9(11)12/h3-4,6-7H,2,5H2,1H3. The van der Waals surface area contributed by atoms with E-state index in [1.54, 1.807) is 24.5 Å². The van der Waals surface area contributed by atoms with E-state index in [1.807, 2.05) is 4.57 Å². The molecule has 1 rings (SSSR count). The second kappa shape index (κ2) is 3.85. The van der Waals surface area contributed by atoms with Crippen LogP contribution in [-0.2, 0) is 6.54 Å². The summed E-state index contributed by atoms with van der Waals surface area (Å²) < 4.78 is 1.94. The van der Waals surface area contributed by atoms with Crippen LogP contribution in [0.2, 0.25) is 0 Å². The van der Waals surface area contributed by atoms with Crippen molar-refractivity contribution in [2.75, 3.05) is 0 Å². The second-order valence-electron chi connectivity index (χ2n) is 2.61. The molecule has 1 aromatic rings. The number of pyridine rings is 1. The third-order valence-corrected chi connectivity index (χ3v) is 1.61. The zero-order chi connectivity index (χ0) is 8.97. The van der Waals surface area contributed by atoms with Gasteiger partial charge in [0.15, 0.2) is 12.4 Å². The Kier molecular flexibility index (Phi) is 2.80. The first-order chi connectivity index (χ1) is 5.74. The lowest BCUT2D eigenvalue weighted by Crippen LogP contribution is -2.33. The van der Waals surface area contributed by atoms with Crippen LogP contribution in [0.15, 0.2) is 24.5 Å². The SMILES string of the molecule is CCC[n+]1ccc(C(=O)[O-])cc1. The third-order valence-electron chi connectivity index (χ3n) is 1.61. The molecule has 0 bridgehead atoms. The van der Waals surface area contributed by atoms with Gasteiger partial charge in [0, 0.05) is 24.1 Å². The molecule has 0 aliphatic carbocycles. The van der Waals surface area contributed by atoms with E-state index in [0.717, 1.165) is 13.0 Å². The molecule has 0 radical (unpaired) electrons. The van der Waals surface area contributed by atoms with E-state index in [9.17, 15) is 9.90 Å². The van der Waals surface area contributed by atoms with E-state index >= 15 is 0 Å². The lowest BCUT2D eigenvalue weighted by Gasteiger charge is -1.99. The average Bonchev–Trinajstić information content (AvgIpc) is 2.06. The highest BCUT2D eigenvalue weighted by Gasteiger charge is 1.98. The Bertz CT molecular complexity index is 266. The number of aromatic nitrogens is 1. The number of aromatic carboxylic acids is 1. The molecule has 0 unspecified atom stereocenters. The fraction of sp³-hybridized carbons (Fsp3) is 0.333. The van der Waals surface area contributed by atoms with Crippen molar-refractivity contribution in [3.05, 3.63) is 30.1 Å². The van der Waals surface area contributed by atoms with Crippen LogP contribution in [-0.4, -0.2) is 5.97 Å². The summed E-state index contributed by atoms with van der Waals surface area (Å²) in [5.74, 6) is -1.13. The monoisotopic (exact) mass is 165 g/mol. The summed E-state index contributed by atoms with van der Waals surface area (Å²) in [5.41, 5.74) is 0.224. The van der Waals surface area contributed by atoms with Crippen LogP contribution in [0.3, 0.4) is 0 Å². The second-order valence-corrected chi connectivity index (χ2v) is 2.61. The first-order valence-electron chi connectivity index (χ1n) is 3.94. The zero-order valence-electron chi connectivity index (χ0n) is 6.99. The molecular formula is C9H11NO2. The van der Waals surface area contributed by atoms with Gasteiger partial charge in [-0.15, -0.1) is 0 Å². The summed E-state index contributed by atoms with van der Waals surface area (Å²) >= 11 is 0. The van der Waals surface area contributed by atoms with E-state index in [4.69, 9.17) is 0 Å². The molecule has 64 valence electrons. The van der Waals surface area contributed by atoms with Crippen LogP contribution in [0, 0.1) is 0 Å². The average molecular weight is 165 g/mol. The van der Waals surface area contributed by atoms with Gasteiger partial charge in [0.2, 0.25) is 0 Å². The minimum absolute atomic E-state index is 0.224. The van der Waals surface area contributed by atoms with Gasteiger partial charge >= 0.3 is 0 Å². The first-order valence-corrected chi connectivity index (χ1v) is 3.94. The van der Waals surface area contributed by atoms with E-state index < -0.39 is 5.97 Å². The first kappa shape index (κ1) is 8.71. The fourth-order valence-corrected chi connectivity index (χ4v) is 1.00. The topological polar surface area (TPSA) is 44.0 Å². The van der Waals surface area contributed by atoms with Gasteiger partial charge in [0.1, 0.15) is 6.54 Å². The van der Waals surface area contributed by atoms with Crippen molar-refractivity contribution >= 4 is 5.97 Å². The number of aryl methyl sites for hydroxylation is 1. The molecule has 1 heterocycles. The summed E-state index contributed by atoms with van der Waals surface area (Å²) in [7, 11) is 0. The van der Waals surface area contributed by atoms with Crippen LogP contribution >= 0.6 is 0 Å². The van der Waals surface area contributed by atoms with Crippen LogP contribution in [0.25, 0.3) is 0 Å². The lowest BCUT2D eigenvalue weighted by molar-refractivity contribution is -0.697. The summed E-state index contributed by atoms with van der Waals surface area (Å²) in [6, 6.07) is 3.09. The number of carboxylic acids is 1. The van der Waals surface area contributed by atoms with Crippen molar-refractivity contribution in [3.63, 3.8) is 0 Å². The van der Waals surface area contributed by atoms with Gasteiger partial charge in [-0.05, 0) is 0 Å². The Balaban J connectivity index is 2.78. The molecule has 0 fully saturated rings. The number of carbonyl (C=O) groups is 1. The molecule has 0 saturated heterocycles. The van der Waals surface area contributed by atoms with Crippen molar-refractivity contribution in [3.8, 4) is 0 Å². The summed E-state index contributed by atoms with van der Waals surface area (Å²) in [6.45, 7) is 2.98. The Morgan fingerprint density at radius 2 is 2.08 bits per heavy atom. The number of hydrogen-bond acceptors (Lipinski definition) is 2. The van der Waals surface area contributed by atoms with E-state index in [1.165, 1.54) is 0 Å². The van der Waals surface area contributed by atoms with Gasteiger partial charge in [0.05, 0.1) is 5.97 Å². The van der Waals surface area contributed by atoms with Crippen molar-refractivity contribution in [1.82, 2.24) is 0 Å². The van der Waals surface area contributed by atoms with Crippen molar-refractivity contribution in [1.29, 1.82) is 0 Å². The summed E-state index contributed by atoms with van der Waals surface area (Å²) in [4.78, 5) is 10.3. The van der Waals surface area contributed by atoms with Gasteiger partial charge in [0.25, 0.3) is 0 Å². The minimum Gasteiger partial charge on any atom is -0.545 e. The number of carboxylic acid groups (broad SMARTS) is 1. The Labute approximate surface area is 71.3 Å². The maximum absolute atomic E-state index is 10.3. The molecule has 0 spiro atoms. The van der Waals surface area contributed by atoms with Crippen molar-refractivity contribution in [2.45, 2.75) is 19.9 Å². The smallest absolute Gasteiger partial charge is 0.169 e. The zero-order valence-corrected chi connectivity index (χ0v) is 6.99. The molecule has 0 aliphatic rings. The predicted octanol–water partition coefficient (Wildman–Crippen LogP) is -0.252. The lowest BCUT2D eigenvalue weighted by atomic mass is 10.3. The third kappa shape index (κ3) is 2.05. The van der Waals surface area contributed by atoms with Crippen molar-refractivity contribution in [2.24, 2.45) is 0 Å². The molecule has 0 N–H and O–H groups in total. The van der Waals surface area contributed by atoms with E-state index in [-0.39, 0.29) is 5.56 Å². The largest absolute Gasteiger partial charge is 0.545 e. The minimum atomic E-state index is -1.13. The molecule has 0 aliphatic heterocycles. The van der Waals surface area contributed by atoms with Crippen LogP contribution in [0.4, 0.5) is 0 Å². The molecule has 1 aromatic heterocycles. The highest BCUT2D eigenvalue weighted by molar-refractivity contribution is 5.85. The Morgan fingerprint density at radius 3 is 2.50 bits per heavy atom. The predicted molar refractivity (Wildman–Crippen MR) is 41.3 cm³/mol. The molecule has 3 nitrogen and oxygen atoms in total. The number of rotatable bonds is 3. The molecule has 0 amide bonds. The van der Waals surface area contributed by atoms with Gasteiger partial charge < -0.3 is 9.90 Å². The van der Waals surface area contributed by atoms with Crippen LogP contribution < -0.4 is 9.67 Å². The Hall–Kier alpha value is -1.38. The fourth-order valence-electron chi connectivity index (χ4n) is 1.00. The molecular weight excluding hydrogens is 154 g/mol. The normalized spacial score (nSPS) is 9.75. The number of hydrogen-bond donors (Lipinski definition) is 0.